The lowest BCUT2D eigenvalue weighted by molar-refractivity contribution is 0.366. The molecule has 0 amide bonds. The molecule has 3 rings (SSSR count). The highest BCUT2D eigenvalue weighted by Crippen LogP contribution is 2.48. The predicted molar refractivity (Wildman–Crippen MR) is 131 cm³/mol. The van der Waals surface area contributed by atoms with Crippen molar-refractivity contribution in [2.24, 2.45) is 0 Å². The topological polar surface area (TPSA) is 122 Å². The summed E-state index contributed by atoms with van der Waals surface area (Å²) in [5.74, 6) is -2.14. The van der Waals surface area contributed by atoms with Gasteiger partial charge in [0.05, 0.1) is 11.1 Å². The van der Waals surface area contributed by atoms with Crippen molar-refractivity contribution in [1.82, 2.24) is 14.9 Å². The van der Waals surface area contributed by atoms with Crippen LogP contribution in [0.1, 0.15) is 37.0 Å². The lowest BCUT2D eigenvalue weighted by atomic mass is 10.0. The highest BCUT2D eigenvalue weighted by atomic mass is 16.3. The Morgan fingerprint density at radius 3 is 2.39 bits per heavy atom. The van der Waals surface area contributed by atoms with Gasteiger partial charge >= 0.3 is 0 Å². The third kappa shape index (κ3) is 4.55. The first-order valence-electron chi connectivity index (χ1n) is 10.4. The molecule has 8 nitrogen and oxygen atoms in total. The Kier molecular flexibility index (Phi) is 6.77. The van der Waals surface area contributed by atoms with Crippen molar-refractivity contribution >= 4 is 28.2 Å². The van der Waals surface area contributed by atoms with Gasteiger partial charge in [0.1, 0.15) is 0 Å². The number of fused-ring (bicyclic) bond motifs is 1. The minimum atomic E-state index is -0.607. The predicted octanol–water partition coefficient (Wildman–Crippen LogP) is 5.06. The van der Waals surface area contributed by atoms with Crippen LogP contribution < -0.4 is 5.32 Å². The Morgan fingerprint density at radius 2 is 1.79 bits per heavy atom. The number of hydrogen-bond donors (Lipinski definition) is 5. The minimum absolute atomic E-state index is 0.00434. The number of anilines is 1. The van der Waals surface area contributed by atoms with Crippen molar-refractivity contribution in [2.45, 2.75) is 27.2 Å². The van der Waals surface area contributed by atoms with Crippen molar-refractivity contribution in [3.05, 3.63) is 66.0 Å². The lowest BCUT2D eigenvalue weighted by Crippen LogP contribution is -2.09. The first-order valence-corrected chi connectivity index (χ1v) is 10.4. The van der Waals surface area contributed by atoms with Gasteiger partial charge in [-0.2, -0.15) is 0 Å². The SMILES string of the molecule is C=C(Nc1ncc2ccc(/C(=C/C)N(C)/C=C/CC)cc2n1)c1c(O)c(O)c(C)c(O)c1O. The van der Waals surface area contributed by atoms with Crippen molar-refractivity contribution in [2.75, 3.05) is 12.4 Å². The second-order valence-corrected chi connectivity index (χ2v) is 7.54. The fraction of sp³-hybridized carbons (Fsp3) is 0.200. The van der Waals surface area contributed by atoms with Crippen molar-refractivity contribution in [1.29, 1.82) is 0 Å². The number of phenols is 4. The molecule has 1 heterocycles. The zero-order valence-corrected chi connectivity index (χ0v) is 19.1. The van der Waals surface area contributed by atoms with Crippen LogP contribution in [0.15, 0.2) is 49.3 Å². The number of phenolic OH excluding ortho intramolecular Hbond substituents is 4. The number of benzene rings is 2. The summed E-state index contributed by atoms with van der Waals surface area (Å²) in [6.45, 7) is 9.20. The molecule has 3 aromatic rings. The highest BCUT2D eigenvalue weighted by Gasteiger charge is 2.23. The number of rotatable bonds is 7. The van der Waals surface area contributed by atoms with E-state index in [1.807, 2.05) is 49.3 Å². The third-order valence-electron chi connectivity index (χ3n) is 5.29. The van der Waals surface area contributed by atoms with Gasteiger partial charge in [-0.15, -0.1) is 0 Å². The van der Waals surface area contributed by atoms with E-state index in [0.717, 1.165) is 23.1 Å². The minimum Gasteiger partial charge on any atom is -0.504 e. The molecule has 33 heavy (non-hydrogen) atoms. The van der Waals surface area contributed by atoms with Gasteiger partial charge in [-0.25, -0.2) is 9.97 Å². The monoisotopic (exact) mass is 448 g/mol. The van der Waals surface area contributed by atoms with Gasteiger partial charge in [-0.3, -0.25) is 0 Å². The largest absolute Gasteiger partial charge is 0.504 e. The molecule has 0 saturated carbocycles. The zero-order valence-electron chi connectivity index (χ0n) is 19.1. The van der Waals surface area contributed by atoms with Gasteiger partial charge < -0.3 is 30.6 Å². The Balaban J connectivity index is 1.96. The molecule has 0 aliphatic rings. The Bertz CT molecular complexity index is 1250. The number of aromatic nitrogens is 2. The Hall–Kier alpha value is -4.20. The van der Waals surface area contributed by atoms with Crippen LogP contribution in [0.3, 0.4) is 0 Å². The summed E-state index contributed by atoms with van der Waals surface area (Å²) in [7, 11) is 1.98. The maximum atomic E-state index is 10.3. The fourth-order valence-electron chi connectivity index (χ4n) is 3.46. The molecule has 172 valence electrons. The number of nitrogens with zero attached hydrogens (tertiary/aromatic N) is 3. The normalized spacial score (nSPS) is 11.8. The van der Waals surface area contributed by atoms with Crippen LogP contribution in [0.25, 0.3) is 22.3 Å². The average Bonchev–Trinajstić information content (AvgIpc) is 2.80. The molecule has 1 aromatic heterocycles. The summed E-state index contributed by atoms with van der Waals surface area (Å²) < 4.78 is 0. The molecule has 0 fully saturated rings. The average molecular weight is 449 g/mol. The first-order chi connectivity index (χ1) is 15.7. The summed E-state index contributed by atoms with van der Waals surface area (Å²) in [6.07, 6.45) is 8.69. The van der Waals surface area contributed by atoms with E-state index in [4.69, 9.17) is 0 Å². The fourth-order valence-corrected chi connectivity index (χ4v) is 3.46. The van der Waals surface area contributed by atoms with Crippen molar-refractivity contribution in [3.63, 3.8) is 0 Å². The zero-order chi connectivity index (χ0) is 24.3. The van der Waals surface area contributed by atoms with Crippen LogP contribution in [-0.2, 0) is 0 Å². The van der Waals surface area contributed by atoms with Crippen LogP contribution in [0.5, 0.6) is 23.0 Å². The maximum absolute atomic E-state index is 10.3. The first kappa shape index (κ1) is 23.5. The Morgan fingerprint density at radius 1 is 1.12 bits per heavy atom. The molecule has 0 atom stereocenters. The van der Waals surface area contributed by atoms with Crippen LogP contribution in [0, 0.1) is 6.92 Å². The van der Waals surface area contributed by atoms with Gasteiger partial charge in [0.15, 0.2) is 23.0 Å². The van der Waals surface area contributed by atoms with Crippen LogP contribution in [0.2, 0.25) is 0 Å². The highest BCUT2D eigenvalue weighted by molar-refractivity contribution is 5.87. The van der Waals surface area contributed by atoms with E-state index in [2.05, 4.69) is 34.9 Å². The molecular formula is C25H28N4O4. The van der Waals surface area contributed by atoms with Gasteiger partial charge in [-0.1, -0.05) is 37.8 Å². The standard InChI is InChI=1S/C25H28N4O4/c1-6-8-11-29(5)19(7-2)16-9-10-17-13-26-25(28-18(17)12-16)27-15(4)20-23(32)21(30)14(3)22(31)24(20)33/h7-13,30-33H,4,6H2,1-3,5H3,(H,26,27,28)/b11-8+,19-7-. The molecular weight excluding hydrogens is 420 g/mol. The summed E-state index contributed by atoms with van der Waals surface area (Å²) in [4.78, 5) is 10.8. The molecule has 0 aliphatic carbocycles. The van der Waals surface area contributed by atoms with E-state index in [0.29, 0.717) is 5.52 Å². The molecule has 5 N–H and O–H groups in total. The van der Waals surface area contributed by atoms with Crippen molar-refractivity contribution < 1.29 is 20.4 Å². The summed E-state index contributed by atoms with van der Waals surface area (Å²) >= 11 is 0. The molecule has 0 aliphatic heterocycles. The van der Waals surface area contributed by atoms with E-state index in [1.54, 1.807) is 6.20 Å². The molecule has 0 saturated heterocycles. The second kappa shape index (κ2) is 9.52. The second-order valence-electron chi connectivity index (χ2n) is 7.54. The van der Waals surface area contributed by atoms with Gasteiger partial charge in [0.2, 0.25) is 5.95 Å². The Labute approximate surface area is 192 Å². The van der Waals surface area contributed by atoms with Crippen LogP contribution >= 0.6 is 0 Å². The van der Waals surface area contributed by atoms with E-state index in [-0.39, 0.29) is 22.8 Å². The van der Waals surface area contributed by atoms with E-state index < -0.39 is 23.0 Å². The maximum Gasteiger partial charge on any atom is 0.227 e. The molecule has 0 unspecified atom stereocenters. The molecule has 0 bridgehead atoms. The number of aromatic hydroxyl groups is 4. The van der Waals surface area contributed by atoms with Crippen LogP contribution in [-0.4, -0.2) is 42.3 Å². The number of nitrogens with one attached hydrogen (secondary N) is 1. The van der Waals surface area contributed by atoms with E-state index in [9.17, 15) is 20.4 Å². The molecule has 8 heteroatoms. The summed E-state index contributed by atoms with van der Waals surface area (Å²) in [6, 6.07) is 5.87. The van der Waals surface area contributed by atoms with Gasteiger partial charge in [-0.05, 0) is 38.1 Å². The quantitative estimate of drug-likeness (QED) is 0.251. The molecule has 0 spiro atoms. The van der Waals surface area contributed by atoms with Gasteiger partial charge in [0.25, 0.3) is 0 Å². The lowest BCUT2D eigenvalue weighted by Gasteiger charge is -2.19. The molecule has 0 radical (unpaired) electrons. The van der Waals surface area contributed by atoms with E-state index in [1.165, 1.54) is 6.92 Å². The third-order valence-corrected chi connectivity index (χ3v) is 5.29. The smallest absolute Gasteiger partial charge is 0.227 e. The van der Waals surface area contributed by atoms with Crippen molar-refractivity contribution in [3.8, 4) is 23.0 Å². The number of allylic oxidation sites excluding steroid dienone is 2. The van der Waals surface area contributed by atoms with Gasteiger partial charge in [0, 0.05) is 35.6 Å². The summed E-state index contributed by atoms with van der Waals surface area (Å²) in [5.41, 5.74) is 2.38. The van der Waals surface area contributed by atoms with Crippen LogP contribution in [0.4, 0.5) is 5.95 Å². The van der Waals surface area contributed by atoms with E-state index >= 15 is 0 Å². The molecule has 2 aromatic carbocycles. The summed E-state index contributed by atoms with van der Waals surface area (Å²) in [5, 5.41) is 44.2. The number of hydrogen-bond acceptors (Lipinski definition) is 8.